The van der Waals surface area contributed by atoms with Gasteiger partial charge in [-0.3, -0.25) is 0 Å². The van der Waals surface area contributed by atoms with Crippen molar-refractivity contribution in [2.24, 2.45) is 0 Å². The first-order valence-corrected chi connectivity index (χ1v) is 9.63. The minimum atomic E-state index is 0.374. The molecule has 0 spiro atoms. The van der Waals surface area contributed by atoms with Crippen LogP contribution in [0.3, 0.4) is 0 Å². The molecule has 1 atom stereocenters. The van der Waals surface area contributed by atoms with Gasteiger partial charge < -0.3 is 9.80 Å². The van der Waals surface area contributed by atoms with Gasteiger partial charge in [0.05, 0.1) is 6.17 Å². The average molecular weight is 337 g/mol. The highest BCUT2D eigenvalue weighted by molar-refractivity contribution is 5.66. The van der Waals surface area contributed by atoms with E-state index in [9.17, 15) is 0 Å². The summed E-state index contributed by atoms with van der Waals surface area (Å²) in [7, 11) is 0. The Morgan fingerprint density at radius 3 is 1.92 bits per heavy atom. The number of para-hydroxylation sites is 2. The molecule has 0 aromatic heterocycles. The van der Waals surface area contributed by atoms with Crippen molar-refractivity contribution in [2.45, 2.75) is 59.5 Å². The van der Waals surface area contributed by atoms with Gasteiger partial charge in [0.2, 0.25) is 0 Å². The van der Waals surface area contributed by atoms with Crippen LogP contribution in [0.2, 0.25) is 0 Å². The zero-order chi connectivity index (χ0) is 18.1. The molecule has 1 aliphatic heterocycles. The Bertz CT molecular complexity index is 706. The smallest absolute Gasteiger partial charge is 0.0988 e. The largest absolute Gasteiger partial charge is 0.349 e. The topological polar surface area (TPSA) is 6.48 Å². The highest BCUT2D eigenvalue weighted by Gasteiger charge is 2.32. The molecule has 0 unspecified atom stereocenters. The summed E-state index contributed by atoms with van der Waals surface area (Å²) in [6.45, 7) is 16.0. The third kappa shape index (κ3) is 3.27. The van der Waals surface area contributed by atoms with Crippen molar-refractivity contribution in [3.8, 4) is 0 Å². The minimum absolute atomic E-state index is 0.374. The normalized spacial score (nSPS) is 17.8. The SMILES string of the molecule is Cc1ccccc1N1CCN(c2c(C(C)C)cccc2C(C)C)[C@@H]1C. The number of hydrogen-bond acceptors (Lipinski definition) is 2. The summed E-state index contributed by atoms with van der Waals surface area (Å²) in [4.78, 5) is 5.17. The van der Waals surface area contributed by atoms with Crippen LogP contribution >= 0.6 is 0 Å². The number of rotatable bonds is 4. The fourth-order valence-electron chi connectivity index (χ4n) is 4.11. The highest BCUT2D eigenvalue weighted by Crippen LogP contribution is 2.39. The van der Waals surface area contributed by atoms with Gasteiger partial charge in [-0.05, 0) is 48.4 Å². The molecule has 25 heavy (non-hydrogen) atoms. The summed E-state index contributed by atoms with van der Waals surface area (Å²) in [5, 5.41) is 0. The van der Waals surface area contributed by atoms with Crippen molar-refractivity contribution < 1.29 is 0 Å². The van der Waals surface area contributed by atoms with Crippen LogP contribution in [0.15, 0.2) is 42.5 Å². The van der Waals surface area contributed by atoms with Crippen molar-refractivity contribution in [3.63, 3.8) is 0 Å². The van der Waals surface area contributed by atoms with Crippen LogP contribution < -0.4 is 9.80 Å². The Kier molecular flexibility index (Phi) is 5.08. The van der Waals surface area contributed by atoms with E-state index in [0.29, 0.717) is 18.0 Å². The molecule has 2 aromatic rings. The van der Waals surface area contributed by atoms with E-state index in [1.807, 2.05) is 0 Å². The Balaban J connectivity index is 2.02. The summed E-state index contributed by atoms with van der Waals surface area (Å²) in [6, 6.07) is 15.6. The molecule has 1 heterocycles. The van der Waals surface area contributed by atoms with Gasteiger partial charge in [0.1, 0.15) is 0 Å². The van der Waals surface area contributed by atoms with Crippen molar-refractivity contribution >= 4 is 11.4 Å². The molecule has 0 radical (unpaired) electrons. The maximum absolute atomic E-state index is 2.62. The predicted molar refractivity (Wildman–Crippen MR) is 110 cm³/mol. The molecule has 2 aromatic carbocycles. The fraction of sp³-hybridized carbons (Fsp3) is 0.478. The molecule has 0 saturated carbocycles. The number of nitrogens with zero attached hydrogens (tertiary/aromatic N) is 2. The first-order chi connectivity index (χ1) is 11.9. The van der Waals surface area contributed by atoms with Crippen LogP contribution in [-0.4, -0.2) is 19.3 Å². The summed E-state index contributed by atoms with van der Waals surface area (Å²) in [5.41, 5.74) is 7.15. The Morgan fingerprint density at radius 1 is 0.800 bits per heavy atom. The summed E-state index contributed by atoms with van der Waals surface area (Å²) in [6.07, 6.45) is 0.374. The first kappa shape index (κ1) is 17.8. The van der Waals surface area contributed by atoms with Crippen LogP contribution in [0.5, 0.6) is 0 Å². The third-order valence-electron chi connectivity index (χ3n) is 5.54. The predicted octanol–water partition coefficient (Wildman–Crippen LogP) is 5.91. The third-order valence-corrected chi connectivity index (χ3v) is 5.54. The fourth-order valence-corrected chi connectivity index (χ4v) is 4.11. The lowest BCUT2D eigenvalue weighted by Gasteiger charge is -2.34. The van der Waals surface area contributed by atoms with E-state index >= 15 is 0 Å². The van der Waals surface area contributed by atoms with Crippen molar-refractivity contribution in [3.05, 3.63) is 59.2 Å². The standard InChI is InChI=1S/C23H32N2/c1-16(2)20-11-9-12-21(17(3)4)23(20)25-15-14-24(19(25)6)22-13-8-7-10-18(22)5/h7-13,16-17,19H,14-15H2,1-6H3/t19-/m1/s1. The number of hydrogen-bond donors (Lipinski definition) is 0. The van der Waals surface area contributed by atoms with Gasteiger partial charge in [-0.2, -0.15) is 0 Å². The van der Waals surface area contributed by atoms with Crippen LogP contribution in [0, 0.1) is 6.92 Å². The molecule has 0 amide bonds. The molecule has 0 bridgehead atoms. The van der Waals surface area contributed by atoms with Crippen LogP contribution in [-0.2, 0) is 0 Å². The lowest BCUT2D eigenvalue weighted by molar-refractivity contribution is 0.712. The van der Waals surface area contributed by atoms with Gasteiger partial charge in [0.25, 0.3) is 0 Å². The lowest BCUT2D eigenvalue weighted by atomic mass is 9.92. The van der Waals surface area contributed by atoms with Gasteiger partial charge in [-0.1, -0.05) is 64.1 Å². The summed E-state index contributed by atoms with van der Waals surface area (Å²) >= 11 is 0. The first-order valence-electron chi connectivity index (χ1n) is 9.63. The van der Waals surface area contributed by atoms with Gasteiger partial charge in [0, 0.05) is 24.5 Å². The van der Waals surface area contributed by atoms with E-state index in [0.717, 1.165) is 13.1 Å². The second-order valence-corrected chi connectivity index (χ2v) is 7.90. The van der Waals surface area contributed by atoms with E-state index < -0.39 is 0 Å². The highest BCUT2D eigenvalue weighted by atomic mass is 15.4. The minimum Gasteiger partial charge on any atom is -0.349 e. The zero-order valence-electron chi connectivity index (χ0n) is 16.6. The molecule has 1 saturated heterocycles. The molecule has 2 heteroatoms. The molecular formula is C23H32N2. The number of benzene rings is 2. The maximum atomic E-state index is 2.62. The molecule has 3 rings (SSSR count). The lowest BCUT2D eigenvalue weighted by Crippen LogP contribution is -2.37. The molecule has 1 aliphatic rings. The Hall–Kier alpha value is -1.96. The molecular weight excluding hydrogens is 304 g/mol. The second-order valence-electron chi connectivity index (χ2n) is 7.90. The zero-order valence-corrected chi connectivity index (χ0v) is 16.6. The van der Waals surface area contributed by atoms with Gasteiger partial charge >= 0.3 is 0 Å². The monoisotopic (exact) mass is 336 g/mol. The summed E-state index contributed by atoms with van der Waals surface area (Å²) < 4.78 is 0. The van der Waals surface area contributed by atoms with E-state index in [1.165, 1.54) is 28.1 Å². The molecule has 0 N–H and O–H groups in total. The Labute approximate surface area is 153 Å². The van der Waals surface area contributed by atoms with Crippen LogP contribution in [0.25, 0.3) is 0 Å². The van der Waals surface area contributed by atoms with E-state index in [4.69, 9.17) is 0 Å². The van der Waals surface area contributed by atoms with Gasteiger partial charge in [0.15, 0.2) is 0 Å². The molecule has 1 fully saturated rings. The second kappa shape index (κ2) is 7.11. The van der Waals surface area contributed by atoms with Crippen LogP contribution in [0.4, 0.5) is 11.4 Å². The van der Waals surface area contributed by atoms with E-state index in [-0.39, 0.29) is 0 Å². The van der Waals surface area contributed by atoms with E-state index in [2.05, 4.69) is 93.8 Å². The van der Waals surface area contributed by atoms with Crippen molar-refractivity contribution in [1.82, 2.24) is 0 Å². The van der Waals surface area contributed by atoms with Gasteiger partial charge in [-0.25, -0.2) is 0 Å². The number of anilines is 2. The molecule has 134 valence electrons. The molecule has 0 aliphatic carbocycles. The van der Waals surface area contributed by atoms with Crippen molar-refractivity contribution in [1.29, 1.82) is 0 Å². The van der Waals surface area contributed by atoms with E-state index in [1.54, 1.807) is 0 Å². The average Bonchev–Trinajstić information content (AvgIpc) is 2.95. The number of aryl methyl sites for hydroxylation is 1. The van der Waals surface area contributed by atoms with Gasteiger partial charge in [-0.15, -0.1) is 0 Å². The summed E-state index contributed by atoms with van der Waals surface area (Å²) in [5.74, 6) is 1.07. The quantitative estimate of drug-likeness (QED) is 0.684. The molecule has 2 nitrogen and oxygen atoms in total. The van der Waals surface area contributed by atoms with Crippen LogP contribution in [0.1, 0.15) is 63.1 Å². The maximum Gasteiger partial charge on any atom is 0.0988 e. The Morgan fingerprint density at radius 2 is 1.36 bits per heavy atom. The van der Waals surface area contributed by atoms with Crippen molar-refractivity contribution in [2.75, 3.05) is 22.9 Å².